The molecule has 0 spiro atoms. The van der Waals surface area contributed by atoms with Crippen LogP contribution in [0, 0.1) is 11.3 Å². The largest absolute Gasteiger partial charge is 0.353 e. The highest BCUT2D eigenvalue weighted by Crippen LogP contribution is 2.33. The lowest BCUT2D eigenvalue weighted by Crippen LogP contribution is -2.27. The Morgan fingerprint density at radius 3 is 2.30 bits per heavy atom. The van der Waals surface area contributed by atoms with Crippen molar-refractivity contribution in [1.82, 2.24) is 0 Å². The molecule has 0 saturated carbocycles. The predicted molar refractivity (Wildman–Crippen MR) is 98.7 cm³/mol. The Labute approximate surface area is 138 Å². The van der Waals surface area contributed by atoms with E-state index in [1.54, 1.807) is 0 Å². The Morgan fingerprint density at radius 2 is 1.65 bits per heavy atom. The van der Waals surface area contributed by atoms with Gasteiger partial charge in [-0.1, -0.05) is 56.0 Å². The van der Waals surface area contributed by atoms with Crippen LogP contribution >= 0.6 is 0 Å². The molecule has 1 heterocycles. The van der Waals surface area contributed by atoms with Gasteiger partial charge in [0, 0.05) is 16.4 Å². The number of benzene rings is 2. The Bertz CT molecular complexity index is 837. The van der Waals surface area contributed by atoms with Crippen LogP contribution in [0.5, 0.6) is 0 Å². The van der Waals surface area contributed by atoms with Crippen molar-refractivity contribution >= 4 is 25.2 Å². The van der Waals surface area contributed by atoms with Gasteiger partial charge >= 0.3 is 0 Å². The molecular formula is C19H19N3Si. The number of aliphatic imine (C=N–C) groups is 1. The Balaban J connectivity index is 2.24. The summed E-state index contributed by atoms with van der Waals surface area (Å²) in [4.78, 5) is 4.83. The minimum atomic E-state index is -1.77. The molecule has 3 nitrogen and oxygen atoms in total. The average molecular weight is 317 g/mol. The number of para-hydroxylation sites is 2. The van der Waals surface area contributed by atoms with Crippen molar-refractivity contribution in [2.75, 3.05) is 5.32 Å². The third kappa shape index (κ3) is 2.96. The van der Waals surface area contributed by atoms with Gasteiger partial charge in [0.25, 0.3) is 0 Å². The van der Waals surface area contributed by atoms with E-state index < -0.39 is 8.07 Å². The zero-order valence-electron chi connectivity index (χ0n) is 13.6. The fraction of sp³-hybridized carbons (Fsp3) is 0.158. The third-order valence-corrected chi connectivity index (χ3v) is 5.65. The summed E-state index contributed by atoms with van der Waals surface area (Å²) < 4.78 is 0. The van der Waals surface area contributed by atoms with E-state index >= 15 is 0 Å². The fourth-order valence-electron chi connectivity index (χ4n) is 2.65. The first-order valence-corrected chi connectivity index (χ1v) is 11.2. The molecule has 0 radical (unpaired) electrons. The SMILES string of the molecule is C[Si](C)(C)/C(C#N)=C1/Nc2ccccc2C1=Nc1ccccc1. The summed E-state index contributed by atoms with van der Waals surface area (Å²) in [6, 6.07) is 20.4. The van der Waals surface area contributed by atoms with Gasteiger partial charge in [-0.15, -0.1) is 0 Å². The maximum absolute atomic E-state index is 9.72. The van der Waals surface area contributed by atoms with E-state index in [4.69, 9.17) is 4.99 Å². The molecule has 23 heavy (non-hydrogen) atoms. The molecule has 2 aromatic carbocycles. The van der Waals surface area contributed by atoms with Crippen molar-refractivity contribution in [3.63, 3.8) is 0 Å². The Hall–Kier alpha value is -2.64. The van der Waals surface area contributed by atoms with Crippen molar-refractivity contribution in [2.45, 2.75) is 19.6 Å². The van der Waals surface area contributed by atoms with Crippen molar-refractivity contribution in [2.24, 2.45) is 4.99 Å². The van der Waals surface area contributed by atoms with Crippen LogP contribution in [-0.4, -0.2) is 13.8 Å². The number of rotatable bonds is 2. The van der Waals surface area contributed by atoms with Gasteiger partial charge in [-0.3, -0.25) is 0 Å². The van der Waals surface area contributed by atoms with Crippen molar-refractivity contribution in [3.05, 3.63) is 71.1 Å². The second-order valence-electron chi connectivity index (χ2n) is 6.58. The lowest BCUT2D eigenvalue weighted by Gasteiger charge is -2.17. The van der Waals surface area contributed by atoms with Gasteiger partial charge in [-0.25, -0.2) is 4.99 Å². The first kappa shape index (κ1) is 15.3. The number of hydrogen-bond acceptors (Lipinski definition) is 3. The fourth-order valence-corrected chi connectivity index (χ4v) is 3.92. The minimum Gasteiger partial charge on any atom is -0.353 e. The highest BCUT2D eigenvalue weighted by Gasteiger charge is 2.31. The molecule has 1 N–H and O–H groups in total. The zero-order valence-corrected chi connectivity index (χ0v) is 14.6. The van der Waals surface area contributed by atoms with Crippen LogP contribution in [-0.2, 0) is 0 Å². The zero-order chi connectivity index (χ0) is 16.4. The number of allylic oxidation sites excluding steroid dienone is 2. The van der Waals surface area contributed by atoms with Gasteiger partial charge in [-0.05, 0) is 18.2 Å². The van der Waals surface area contributed by atoms with Crippen LogP contribution < -0.4 is 5.32 Å². The van der Waals surface area contributed by atoms with Gasteiger partial charge in [0.2, 0.25) is 0 Å². The van der Waals surface area contributed by atoms with Crippen LogP contribution in [0.1, 0.15) is 5.56 Å². The van der Waals surface area contributed by atoms with Gasteiger partial charge in [0.15, 0.2) is 0 Å². The van der Waals surface area contributed by atoms with Crippen LogP contribution in [0.15, 0.2) is 70.5 Å². The minimum absolute atomic E-state index is 0.850. The maximum Gasteiger partial charge on any atom is 0.0970 e. The summed E-state index contributed by atoms with van der Waals surface area (Å²) in [7, 11) is -1.77. The third-order valence-electron chi connectivity index (χ3n) is 3.79. The molecule has 0 aliphatic carbocycles. The van der Waals surface area contributed by atoms with E-state index in [9.17, 15) is 5.26 Å². The molecule has 0 fully saturated rings. The van der Waals surface area contributed by atoms with E-state index in [1.165, 1.54) is 0 Å². The van der Waals surface area contributed by atoms with Gasteiger partial charge in [-0.2, -0.15) is 5.26 Å². The second-order valence-corrected chi connectivity index (χ2v) is 11.6. The first-order chi connectivity index (χ1) is 11.0. The Morgan fingerprint density at radius 1 is 1.00 bits per heavy atom. The lowest BCUT2D eigenvalue weighted by molar-refractivity contribution is 1.45. The van der Waals surface area contributed by atoms with E-state index in [0.29, 0.717) is 0 Å². The van der Waals surface area contributed by atoms with Crippen molar-refractivity contribution < 1.29 is 0 Å². The van der Waals surface area contributed by atoms with Gasteiger partial charge < -0.3 is 5.32 Å². The van der Waals surface area contributed by atoms with Gasteiger partial charge in [0.05, 0.1) is 31.2 Å². The Kier molecular flexibility index (Phi) is 3.89. The molecule has 0 saturated heterocycles. The molecule has 4 heteroatoms. The summed E-state index contributed by atoms with van der Waals surface area (Å²) >= 11 is 0. The topological polar surface area (TPSA) is 48.2 Å². The predicted octanol–water partition coefficient (Wildman–Crippen LogP) is 4.89. The molecule has 2 aromatic rings. The molecule has 1 aliphatic heterocycles. The maximum atomic E-state index is 9.72. The first-order valence-electron chi connectivity index (χ1n) is 7.66. The van der Waals surface area contributed by atoms with Crippen molar-refractivity contribution in [1.29, 1.82) is 5.26 Å². The monoisotopic (exact) mass is 317 g/mol. The molecule has 3 rings (SSSR count). The molecule has 0 unspecified atom stereocenters. The number of nitrogens with zero attached hydrogens (tertiary/aromatic N) is 2. The quantitative estimate of drug-likeness (QED) is 0.633. The van der Waals surface area contributed by atoms with E-state index in [0.717, 1.165) is 33.5 Å². The van der Waals surface area contributed by atoms with Crippen molar-refractivity contribution in [3.8, 4) is 6.07 Å². The number of hydrogen-bond donors (Lipinski definition) is 1. The molecule has 0 amide bonds. The molecule has 0 atom stereocenters. The summed E-state index contributed by atoms with van der Waals surface area (Å²) in [6.07, 6.45) is 0. The second kappa shape index (κ2) is 5.86. The smallest absolute Gasteiger partial charge is 0.0970 e. The number of fused-ring (bicyclic) bond motifs is 1. The van der Waals surface area contributed by atoms with E-state index in [1.807, 2.05) is 48.5 Å². The number of nitrogens with one attached hydrogen (secondary N) is 1. The molecular weight excluding hydrogens is 298 g/mol. The molecule has 1 aliphatic rings. The van der Waals surface area contributed by atoms with Crippen LogP contribution in [0.3, 0.4) is 0 Å². The van der Waals surface area contributed by atoms with Crippen LogP contribution in [0.2, 0.25) is 19.6 Å². The summed E-state index contributed by atoms with van der Waals surface area (Å²) in [5.74, 6) is 0. The van der Waals surface area contributed by atoms with Gasteiger partial charge in [0.1, 0.15) is 0 Å². The van der Waals surface area contributed by atoms with E-state index in [2.05, 4.69) is 37.1 Å². The highest BCUT2D eigenvalue weighted by atomic mass is 28.3. The lowest BCUT2D eigenvalue weighted by atomic mass is 10.1. The van der Waals surface area contributed by atoms with Crippen LogP contribution in [0.4, 0.5) is 11.4 Å². The molecule has 0 bridgehead atoms. The molecule has 0 aromatic heterocycles. The average Bonchev–Trinajstić information content (AvgIpc) is 2.86. The summed E-state index contributed by atoms with van der Waals surface area (Å²) in [5, 5.41) is 14.0. The summed E-state index contributed by atoms with van der Waals surface area (Å²) in [5.41, 5.74) is 4.70. The normalized spacial score (nSPS) is 17.4. The van der Waals surface area contributed by atoms with Crippen LogP contribution in [0.25, 0.3) is 0 Å². The standard InChI is InChI=1S/C19H19N3Si/c1-23(2,3)17(13-20)19-18(21-14-9-5-4-6-10-14)15-11-7-8-12-16(15)22-19/h4-12,22H,1-3H3/b19-17+,21-18?. The molecule has 114 valence electrons. The number of anilines is 1. The number of nitriles is 1. The summed E-state index contributed by atoms with van der Waals surface area (Å²) in [6.45, 7) is 6.55. The highest BCUT2D eigenvalue weighted by molar-refractivity contribution is 6.84. The van der Waals surface area contributed by atoms with E-state index in [-0.39, 0.29) is 0 Å².